The number of Topliss-reactive ketones (excluding diaryl/α,β-unsaturated/α-hetero) is 1. The molecule has 3 unspecified atom stereocenters. The molecule has 3 heterocycles. The summed E-state index contributed by atoms with van der Waals surface area (Å²) in [4.78, 5) is 30.7. The highest BCUT2D eigenvalue weighted by Gasteiger charge is 2.41. The van der Waals surface area contributed by atoms with Crippen molar-refractivity contribution in [2.75, 3.05) is 11.4 Å². The highest BCUT2D eigenvalue weighted by molar-refractivity contribution is 5.94. The van der Waals surface area contributed by atoms with Crippen molar-refractivity contribution in [1.82, 2.24) is 10.3 Å². The van der Waals surface area contributed by atoms with Gasteiger partial charge in [-0.2, -0.15) is 0 Å². The molecule has 5 nitrogen and oxygen atoms in total. The molecule has 3 atom stereocenters. The molecule has 1 saturated carbocycles. The summed E-state index contributed by atoms with van der Waals surface area (Å²) in [6.45, 7) is 10.1. The van der Waals surface area contributed by atoms with Gasteiger partial charge in [-0.05, 0) is 73.1 Å². The molecule has 38 heavy (non-hydrogen) atoms. The lowest BCUT2D eigenvalue weighted by Crippen LogP contribution is -2.35. The van der Waals surface area contributed by atoms with Crippen LogP contribution in [0.4, 0.5) is 20.3 Å². The lowest BCUT2D eigenvalue weighted by Gasteiger charge is -2.26. The summed E-state index contributed by atoms with van der Waals surface area (Å²) < 4.78 is 28.9. The molecule has 0 saturated heterocycles. The molecule has 7 heteroatoms. The zero-order valence-electron chi connectivity index (χ0n) is 22.9. The monoisotopic (exact) mass is 521 g/mol. The topological polar surface area (TPSA) is 62.3 Å². The van der Waals surface area contributed by atoms with E-state index in [4.69, 9.17) is 0 Å². The summed E-state index contributed by atoms with van der Waals surface area (Å²) in [5.74, 6) is -0.961. The van der Waals surface area contributed by atoms with Gasteiger partial charge in [0, 0.05) is 29.7 Å². The van der Waals surface area contributed by atoms with Crippen LogP contribution in [0.3, 0.4) is 0 Å². The molecule has 1 aliphatic carbocycles. The third kappa shape index (κ3) is 5.42. The number of anilines is 2. The first-order valence-electron chi connectivity index (χ1n) is 13.7. The number of nitrogens with one attached hydrogen (secondary N) is 1. The Bertz CT molecular complexity index is 1280. The van der Waals surface area contributed by atoms with E-state index in [1.165, 1.54) is 0 Å². The van der Waals surface area contributed by atoms with Gasteiger partial charge in [0.2, 0.25) is 0 Å². The van der Waals surface area contributed by atoms with E-state index in [0.717, 1.165) is 66.5 Å². The highest BCUT2D eigenvalue weighted by atomic mass is 19.1. The van der Waals surface area contributed by atoms with Crippen molar-refractivity contribution in [1.29, 1.82) is 0 Å². The predicted octanol–water partition coefficient (Wildman–Crippen LogP) is 6.79. The average Bonchev–Trinajstić information content (AvgIpc) is 3.65. The normalized spacial score (nSPS) is 21.8. The molecule has 202 valence electrons. The fraction of sp³-hybridized carbons (Fsp3) is 0.452. The van der Waals surface area contributed by atoms with E-state index in [0.29, 0.717) is 17.2 Å². The van der Waals surface area contributed by atoms with Crippen LogP contribution in [0.1, 0.15) is 75.4 Å². The minimum absolute atomic E-state index is 0.0137. The number of rotatable bonds is 7. The molecule has 1 N–H and O–H groups in total. The number of allylic oxidation sites excluding steroid dienone is 1. The third-order valence-corrected chi connectivity index (χ3v) is 7.64. The Morgan fingerprint density at radius 3 is 2.58 bits per heavy atom. The number of hydrogen-bond donors (Lipinski definition) is 1. The molecule has 1 aromatic heterocycles. The van der Waals surface area contributed by atoms with Gasteiger partial charge in [0.25, 0.3) is 0 Å². The highest BCUT2D eigenvalue weighted by Crippen LogP contribution is 2.47. The van der Waals surface area contributed by atoms with Gasteiger partial charge in [-0.15, -0.1) is 0 Å². The van der Waals surface area contributed by atoms with Gasteiger partial charge in [0.1, 0.15) is 12.1 Å². The molecule has 5 rings (SSSR count). The predicted molar refractivity (Wildman–Crippen MR) is 147 cm³/mol. The maximum atomic E-state index is 15.1. The Hall–Kier alpha value is -3.35. The number of benzene rings is 1. The van der Waals surface area contributed by atoms with Crippen LogP contribution in [0.5, 0.6) is 0 Å². The number of hydrogen-bond acceptors (Lipinski definition) is 5. The van der Waals surface area contributed by atoms with Crippen molar-refractivity contribution in [3.05, 3.63) is 70.6 Å². The van der Waals surface area contributed by atoms with Crippen LogP contribution in [-0.4, -0.2) is 29.6 Å². The van der Waals surface area contributed by atoms with Crippen molar-refractivity contribution in [3.63, 3.8) is 0 Å². The number of fused-ring (bicyclic) bond motifs is 2. The minimum Gasteiger partial charge on any atom is -0.380 e. The van der Waals surface area contributed by atoms with Crippen molar-refractivity contribution >= 4 is 29.1 Å². The van der Waals surface area contributed by atoms with Gasteiger partial charge in [0.15, 0.2) is 17.4 Å². The maximum absolute atomic E-state index is 15.1. The SMILES string of the molecule is CC.CCC(C)/C=C1/c2cc(CC3CC3)c(C=O)cc2N(c2ncc(F)cc2F)CC2=CNC(C(C)=O)C21. The van der Waals surface area contributed by atoms with E-state index in [1.54, 1.807) is 11.8 Å². The summed E-state index contributed by atoms with van der Waals surface area (Å²) in [6.07, 6.45) is 9.92. The second kappa shape index (κ2) is 11.6. The van der Waals surface area contributed by atoms with Crippen molar-refractivity contribution < 1.29 is 18.4 Å². The van der Waals surface area contributed by atoms with Crippen LogP contribution in [0.25, 0.3) is 5.57 Å². The summed E-state index contributed by atoms with van der Waals surface area (Å²) >= 11 is 0. The zero-order valence-corrected chi connectivity index (χ0v) is 22.9. The summed E-state index contributed by atoms with van der Waals surface area (Å²) in [7, 11) is 0. The van der Waals surface area contributed by atoms with Crippen LogP contribution in [0, 0.1) is 29.4 Å². The van der Waals surface area contributed by atoms with Gasteiger partial charge < -0.3 is 10.2 Å². The summed E-state index contributed by atoms with van der Waals surface area (Å²) in [5, 5.41) is 3.24. The van der Waals surface area contributed by atoms with Crippen LogP contribution in [0.2, 0.25) is 0 Å². The standard InChI is InChI=1S/C29H31F2N3O2.C2H6/c1-4-16(2)7-24-23-9-19(8-18-5-6-18)20(15-35)10-26(23)34(29-25(31)11-22(30)13-33-29)14-21-12-32-28(17(3)36)27(21)24;1-2/h7,9-13,15-16,18,27-28,32H,4-6,8,14H2,1-3H3;1-2H3/b24-7-;. The number of aldehydes is 1. The molecule has 3 aliphatic rings. The molecule has 0 bridgehead atoms. The molecule has 0 amide bonds. The molecule has 0 spiro atoms. The number of carbonyl (C=O) groups is 2. The lowest BCUT2D eigenvalue weighted by atomic mass is 9.80. The minimum atomic E-state index is -0.781. The van der Waals surface area contributed by atoms with Crippen molar-refractivity contribution in [3.8, 4) is 0 Å². The number of aromatic nitrogens is 1. The summed E-state index contributed by atoms with van der Waals surface area (Å²) in [5.41, 5.74) is 4.95. The van der Waals surface area contributed by atoms with Crippen molar-refractivity contribution in [2.24, 2.45) is 17.8 Å². The Morgan fingerprint density at radius 1 is 1.24 bits per heavy atom. The molecular weight excluding hydrogens is 484 g/mol. The fourth-order valence-corrected chi connectivity index (χ4v) is 5.34. The van der Waals surface area contributed by atoms with Crippen LogP contribution in [0.15, 0.2) is 42.2 Å². The Morgan fingerprint density at radius 2 is 1.97 bits per heavy atom. The van der Waals surface area contributed by atoms with Crippen LogP contribution < -0.4 is 10.2 Å². The van der Waals surface area contributed by atoms with Crippen LogP contribution >= 0.6 is 0 Å². The fourth-order valence-electron chi connectivity index (χ4n) is 5.34. The van der Waals surface area contributed by atoms with Gasteiger partial charge in [-0.3, -0.25) is 9.59 Å². The number of carbonyl (C=O) groups excluding carboxylic acids is 2. The number of halogens is 2. The second-order valence-electron chi connectivity index (χ2n) is 10.3. The second-order valence-corrected chi connectivity index (χ2v) is 10.3. The van der Waals surface area contributed by atoms with Gasteiger partial charge in [0.05, 0.1) is 17.9 Å². The van der Waals surface area contributed by atoms with E-state index in [2.05, 4.69) is 36.3 Å². The zero-order chi connectivity index (χ0) is 27.6. The Balaban J connectivity index is 0.00000164. The average molecular weight is 522 g/mol. The lowest BCUT2D eigenvalue weighted by molar-refractivity contribution is -0.119. The van der Waals surface area contributed by atoms with E-state index in [9.17, 15) is 14.0 Å². The van der Waals surface area contributed by atoms with Crippen LogP contribution in [-0.2, 0) is 11.2 Å². The van der Waals surface area contributed by atoms with E-state index in [-0.39, 0.29) is 30.0 Å². The van der Waals surface area contributed by atoms with Crippen molar-refractivity contribution in [2.45, 2.75) is 66.3 Å². The molecule has 2 aromatic rings. The first-order chi connectivity index (χ1) is 18.3. The third-order valence-electron chi connectivity index (χ3n) is 7.64. The van der Waals surface area contributed by atoms with E-state index >= 15 is 4.39 Å². The molecule has 1 aromatic carbocycles. The number of nitrogens with zero attached hydrogens (tertiary/aromatic N) is 2. The molecule has 0 radical (unpaired) electrons. The van der Waals surface area contributed by atoms with Gasteiger partial charge >= 0.3 is 0 Å². The molecular formula is C31H37F2N3O2. The Kier molecular flexibility index (Phi) is 8.44. The number of pyridine rings is 1. The first kappa shape index (κ1) is 27.7. The quantitative estimate of drug-likeness (QED) is 0.406. The maximum Gasteiger partial charge on any atom is 0.169 e. The summed E-state index contributed by atoms with van der Waals surface area (Å²) in [6, 6.07) is 4.25. The molecule has 1 fully saturated rings. The largest absolute Gasteiger partial charge is 0.380 e. The van der Waals surface area contributed by atoms with Gasteiger partial charge in [-0.1, -0.05) is 40.2 Å². The number of ketones is 1. The van der Waals surface area contributed by atoms with E-state index in [1.807, 2.05) is 26.1 Å². The molecule has 2 aliphatic heterocycles. The van der Waals surface area contributed by atoms with Gasteiger partial charge in [-0.25, -0.2) is 13.8 Å². The smallest absolute Gasteiger partial charge is 0.169 e. The van der Waals surface area contributed by atoms with E-state index < -0.39 is 17.7 Å². The Labute approximate surface area is 224 Å². The first-order valence-corrected chi connectivity index (χ1v) is 13.7.